The Bertz CT molecular complexity index is 490. The molecule has 0 aliphatic carbocycles. The number of piperidine rings is 1. The van der Waals surface area contributed by atoms with Crippen molar-refractivity contribution in [3.05, 3.63) is 23.8 Å². The average molecular weight is 292 g/mol. The van der Waals surface area contributed by atoms with Crippen molar-refractivity contribution < 1.29 is 14.6 Å². The second-order valence-corrected chi connectivity index (χ2v) is 5.50. The second-order valence-electron chi connectivity index (χ2n) is 5.50. The third-order valence-corrected chi connectivity index (χ3v) is 3.79. The van der Waals surface area contributed by atoms with Crippen molar-refractivity contribution in [2.45, 2.75) is 26.4 Å². The van der Waals surface area contributed by atoms with Crippen molar-refractivity contribution >= 4 is 11.6 Å². The smallest absolute Gasteiger partial charge is 0.228 e. The molecule has 1 aromatic carbocycles. The first-order chi connectivity index (χ1) is 10.1. The van der Waals surface area contributed by atoms with Crippen molar-refractivity contribution in [3.63, 3.8) is 0 Å². The van der Waals surface area contributed by atoms with E-state index in [1.165, 1.54) is 0 Å². The van der Waals surface area contributed by atoms with Gasteiger partial charge in [-0.3, -0.25) is 4.79 Å². The maximum Gasteiger partial charge on any atom is 0.228 e. The van der Waals surface area contributed by atoms with Gasteiger partial charge in [0.2, 0.25) is 5.91 Å². The van der Waals surface area contributed by atoms with E-state index in [-0.39, 0.29) is 18.4 Å². The fourth-order valence-electron chi connectivity index (χ4n) is 2.70. The van der Waals surface area contributed by atoms with Crippen LogP contribution in [0.1, 0.15) is 25.3 Å². The Kier molecular flexibility index (Phi) is 5.59. The molecule has 1 unspecified atom stereocenters. The number of anilines is 1. The molecular weight excluding hydrogens is 268 g/mol. The standard InChI is InChI=1S/C16H24N2O3/c1-3-21-15-7-6-14(9-13(15)11-19)17-16(20)12-5-4-8-18(2)10-12/h6-7,9,12,19H,3-5,8,10-11H2,1-2H3,(H,17,20). The van der Waals surface area contributed by atoms with Gasteiger partial charge in [-0.15, -0.1) is 0 Å². The largest absolute Gasteiger partial charge is 0.494 e. The normalized spacial score (nSPS) is 19.3. The maximum absolute atomic E-state index is 12.3. The van der Waals surface area contributed by atoms with Crippen molar-refractivity contribution in [1.82, 2.24) is 4.90 Å². The Hall–Kier alpha value is -1.59. The summed E-state index contributed by atoms with van der Waals surface area (Å²) >= 11 is 0. The molecule has 0 bridgehead atoms. The highest BCUT2D eigenvalue weighted by molar-refractivity contribution is 5.93. The molecule has 1 aliphatic rings. The van der Waals surface area contributed by atoms with Crippen LogP contribution in [0, 0.1) is 5.92 Å². The van der Waals surface area contributed by atoms with Gasteiger partial charge in [0.05, 0.1) is 19.1 Å². The minimum atomic E-state index is -0.106. The number of aliphatic hydroxyl groups excluding tert-OH is 1. The zero-order valence-electron chi connectivity index (χ0n) is 12.8. The van der Waals surface area contributed by atoms with Gasteiger partial charge in [0.1, 0.15) is 5.75 Å². The van der Waals surface area contributed by atoms with E-state index in [0.717, 1.165) is 25.9 Å². The van der Waals surface area contributed by atoms with E-state index >= 15 is 0 Å². The van der Waals surface area contributed by atoms with Crippen molar-refractivity contribution in [2.24, 2.45) is 5.92 Å². The summed E-state index contributed by atoms with van der Waals surface area (Å²) in [6.07, 6.45) is 1.99. The highest BCUT2D eigenvalue weighted by Gasteiger charge is 2.24. The molecule has 21 heavy (non-hydrogen) atoms. The van der Waals surface area contributed by atoms with Gasteiger partial charge < -0.3 is 20.1 Å². The predicted octanol–water partition coefficient (Wildman–Crippen LogP) is 1.86. The maximum atomic E-state index is 12.3. The molecule has 1 aliphatic heterocycles. The number of carbonyl (C=O) groups excluding carboxylic acids is 1. The van der Waals surface area contributed by atoms with E-state index in [2.05, 4.69) is 10.2 Å². The lowest BCUT2D eigenvalue weighted by molar-refractivity contribution is -0.121. The van der Waals surface area contributed by atoms with Crippen molar-refractivity contribution in [3.8, 4) is 5.75 Å². The minimum Gasteiger partial charge on any atom is -0.494 e. The van der Waals surface area contributed by atoms with E-state index < -0.39 is 0 Å². The number of carbonyl (C=O) groups is 1. The van der Waals surface area contributed by atoms with Gasteiger partial charge in [-0.2, -0.15) is 0 Å². The number of hydrogen-bond acceptors (Lipinski definition) is 4. The number of benzene rings is 1. The third kappa shape index (κ3) is 4.19. The monoisotopic (exact) mass is 292 g/mol. The van der Waals surface area contributed by atoms with Gasteiger partial charge in [-0.25, -0.2) is 0 Å². The van der Waals surface area contributed by atoms with Crippen LogP contribution in [-0.2, 0) is 11.4 Å². The molecule has 0 spiro atoms. The molecule has 5 heteroatoms. The van der Waals surface area contributed by atoms with Gasteiger partial charge in [0, 0.05) is 17.8 Å². The lowest BCUT2D eigenvalue weighted by Gasteiger charge is -2.28. The summed E-state index contributed by atoms with van der Waals surface area (Å²) < 4.78 is 5.44. The summed E-state index contributed by atoms with van der Waals surface area (Å²) in [5, 5.41) is 12.3. The molecular formula is C16H24N2O3. The molecule has 2 rings (SSSR count). The molecule has 0 radical (unpaired) electrons. The molecule has 1 heterocycles. The zero-order valence-corrected chi connectivity index (χ0v) is 12.8. The Morgan fingerprint density at radius 1 is 1.52 bits per heavy atom. The first-order valence-corrected chi connectivity index (χ1v) is 7.50. The van der Waals surface area contributed by atoms with Crippen LogP contribution in [-0.4, -0.2) is 42.7 Å². The third-order valence-electron chi connectivity index (χ3n) is 3.79. The SMILES string of the molecule is CCOc1ccc(NC(=O)C2CCCN(C)C2)cc1CO. The Balaban J connectivity index is 2.03. The van der Waals surface area contributed by atoms with Gasteiger partial charge in [0.25, 0.3) is 0 Å². The average Bonchev–Trinajstić information content (AvgIpc) is 2.49. The summed E-state index contributed by atoms with van der Waals surface area (Å²) in [6.45, 7) is 4.20. The number of hydrogen-bond donors (Lipinski definition) is 2. The summed E-state index contributed by atoms with van der Waals surface area (Å²) in [7, 11) is 2.04. The van der Waals surface area contributed by atoms with Crippen LogP contribution in [0.3, 0.4) is 0 Å². The quantitative estimate of drug-likeness (QED) is 0.869. The van der Waals surface area contributed by atoms with Crippen molar-refractivity contribution in [1.29, 1.82) is 0 Å². The topological polar surface area (TPSA) is 61.8 Å². The Morgan fingerprint density at radius 3 is 3.00 bits per heavy atom. The van der Waals surface area contributed by atoms with Crippen LogP contribution in [0.15, 0.2) is 18.2 Å². The number of ether oxygens (including phenoxy) is 1. The zero-order chi connectivity index (χ0) is 15.2. The van der Waals surface area contributed by atoms with E-state index in [4.69, 9.17) is 4.74 Å². The lowest BCUT2D eigenvalue weighted by atomic mass is 9.97. The number of aliphatic hydroxyl groups is 1. The number of likely N-dealkylation sites (tertiary alicyclic amines) is 1. The summed E-state index contributed by atoms with van der Waals surface area (Å²) in [4.78, 5) is 14.5. The second kappa shape index (κ2) is 7.43. The number of amides is 1. The van der Waals surface area contributed by atoms with Crippen LogP contribution in [0.25, 0.3) is 0 Å². The summed E-state index contributed by atoms with van der Waals surface area (Å²) in [5.74, 6) is 0.748. The molecule has 1 aromatic rings. The van der Waals surface area contributed by atoms with Crippen LogP contribution >= 0.6 is 0 Å². The Labute approximate surface area is 125 Å². The molecule has 2 N–H and O–H groups in total. The first kappa shape index (κ1) is 15.8. The van der Waals surface area contributed by atoms with Crippen LogP contribution < -0.4 is 10.1 Å². The van der Waals surface area contributed by atoms with E-state index in [1.807, 2.05) is 20.0 Å². The van der Waals surface area contributed by atoms with Gasteiger partial charge in [0.15, 0.2) is 0 Å². The van der Waals surface area contributed by atoms with E-state index in [0.29, 0.717) is 23.6 Å². The predicted molar refractivity (Wildman–Crippen MR) is 82.4 cm³/mol. The fraction of sp³-hybridized carbons (Fsp3) is 0.562. The van der Waals surface area contributed by atoms with Gasteiger partial charge in [-0.1, -0.05) is 0 Å². The molecule has 0 aromatic heterocycles. The molecule has 1 amide bonds. The molecule has 1 fully saturated rings. The highest BCUT2D eigenvalue weighted by Crippen LogP contribution is 2.24. The highest BCUT2D eigenvalue weighted by atomic mass is 16.5. The van der Waals surface area contributed by atoms with Crippen LogP contribution in [0.5, 0.6) is 5.75 Å². The van der Waals surface area contributed by atoms with E-state index in [9.17, 15) is 9.90 Å². The van der Waals surface area contributed by atoms with Crippen molar-refractivity contribution in [2.75, 3.05) is 32.1 Å². The number of nitrogens with one attached hydrogen (secondary N) is 1. The van der Waals surface area contributed by atoms with E-state index in [1.54, 1.807) is 12.1 Å². The minimum absolute atomic E-state index is 0.0351. The molecule has 1 saturated heterocycles. The molecule has 116 valence electrons. The first-order valence-electron chi connectivity index (χ1n) is 7.50. The molecule has 1 atom stereocenters. The number of nitrogens with zero attached hydrogens (tertiary/aromatic N) is 1. The molecule has 0 saturated carbocycles. The van der Waals surface area contributed by atoms with Gasteiger partial charge >= 0.3 is 0 Å². The van der Waals surface area contributed by atoms with Gasteiger partial charge in [-0.05, 0) is 51.6 Å². The number of rotatable bonds is 5. The fourth-order valence-corrected chi connectivity index (χ4v) is 2.70. The summed E-state index contributed by atoms with van der Waals surface area (Å²) in [6, 6.07) is 5.38. The Morgan fingerprint density at radius 2 is 2.33 bits per heavy atom. The lowest BCUT2D eigenvalue weighted by Crippen LogP contribution is -2.38. The summed E-state index contributed by atoms with van der Waals surface area (Å²) in [5.41, 5.74) is 1.40. The molecule has 5 nitrogen and oxygen atoms in total. The van der Waals surface area contributed by atoms with Crippen LogP contribution in [0.2, 0.25) is 0 Å². The van der Waals surface area contributed by atoms with Crippen LogP contribution in [0.4, 0.5) is 5.69 Å².